The van der Waals surface area contributed by atoms with Crippen molar-refractivity contribution in [3.05, 3.63) is 71.8 Å². The van der Waals surface area contributed by atoms with Crippen LogP contribution < -0.4 is 0 Å². The molecular formula is C23H28O6. The van der Waals surface area contributed by atoms with Crippen molar-refractivity contribution >= 4 is 5.97 Å². The average Bonchev–Trinajstić information content (AvgIpc) is 2.73. The van der Waals surface area contributed by atoms with Gasteiger partial charge < -0.3 is 23.7 Å². The van der Waals surface area contributed by atoms with Crippen LogP contribution in [-0.2, 0) is 41.7 Å². The van der Waals surface area contributed by atoms with Crippen LogP contribution in [0, 0.1) is 0 Å². The van der Waals surface area contributed by atoms with Crippen molar-refractivity contribution in [3.63, 3.8) is 0 Å². The molecule has 2 aromatic rings. The number of methoxy groups -OCH3 is 1. The fourth-order valence-corrected chi connectivity index (χ4v) is 3.43. The molecule has 29 heavy (non-hydrogen) atoms. The van der Waals surface area contributed by atoms with Crippen LogP contribution >= 0.6 is 0 Å². The largest absolute Gasteiger partial charge is 0.454 e. The number of ether oxygens (including phenoxy) is 5. The highest BCUT2D eigenvalue weighted by atomic mass is 16.7. The highest BCUT2D eigenvalue weighted by Gasteiger charge is 2.48. The van der Waals surface area contributed by atoms with E-state index in [0.29, 0.717) is 13.2 Å². The van der Waals surface area contributed by atoms with Gasteiger partial charge in [0, 0.05) is 14.0 Å². The van der Waals surface area contributed by atoms with E-state index < -0.39 is 30.6 Å². The summed E-state index contributed by atoms with van der Waals surface area (Å²) < 4.78 is 29.3. The summed E-state index contributed by atoms with van der Waals surface area (Å²) >= 11 is 0. The van der Waals surface area contributed by atoms with E-state index in [1.165, 1.54) is 14.0 Å². The Morgan fingerprint density at radius 3 is 1.86 bits per heavy atom. The first kappa shape index (κ1) is 21.5. The fourth-order valence-electron chi connectivity index (χ4n) is 3.43. The van der Waals surface area contributed by atoms with Gasteiger partial charge in [0.2, 0.25) is 0 Å². The van der Waals surface area contributed by atoms with Crippen molar-refractivity contribution in [2.45, 2.75) is 57.8 Å². The Kier molecular flexibility index (Phi) is 7.77. The number of carbonyl (C=O) groups is 1. The molecular weight excluding hydrogens is 372 g/mol. The molecule has 1 fully saturated rings. The molecule has 0 unspecified atom stereocenters. The van der Waals surface area contributed by atoms with E-state index in [0.717, 1.165) is 11.1 Å². The van der Waals surface area contributed by atoms with Crippen LogP contribution in [0.1, 0.15) is 25.0 Å². The molecule has 0 saturated carbocycles. The minimum absolute atomic E-state index is 0.309. The van der Waals surface area contributed by atoms with Crippen LogP contribution in [0.2, 0.25) is 0 Å². The van der Waals surface area contributed by atoms with Gasteiger partial charge in [0.05, 0.1) is 19.3 Å². The Morgan fingerprint density at radius 2 is 1.38 bits per heavy atom. The standard InChI is InChI=1S/C23H28O6/c1-16-20(26-14-18-10-6-4-7-11-18)21(27-15-19-12-8-5-9-13-19)22(29-17(2)24)23(25-3)28-16/h4-13,16,20-23H,14-15H2,1-3H3/t16-,20-,21+,22+,23-/m0/s1. The summed E-state index contributed by atoms with van der Waals surface area (Å²) in [6, 6.07) is 19.7. The van der Waals surface area contributed by atoms with Gasteiger partial charge in [-0.25, -0.2) is 0 Å². The Morgan fingerprint density at radius 1 is 0.862 bits per heavy atom. The Balaban J connectivity index is 1.79. The number of benzene rings is 2. The summed E-state index contributed by atoms with van der Waals surface area (Å²) in [5, 5.41) is 0. The van der Waals surface area contributed by atoms with Crippen molar-refractivity contribution in [2.24, 2.45) is 0 Å². The lowest BCUT2D eigenvalue weighted by molar-refractivity contribution is -0.306. The number of carbonyl (C=O) groups excluding carboxylic acids is 1. The molecule has 0 radical (unpaired) electrons. The molecule has 0 amide bonds. The summed E-state index contributed by atoms with van der Waals surface area (Å²) in [4.78, 5) is 11.7. The minimum atomic E-state index is -0.738. The normalized spacial score (nSPS) is 26.8. The molecule has 0 aliphatic carbocycles. The van der Waals surface area contributed by atoms with Crippen LogP contribution in [0.15, 0.2) is 60.7 Å². The quantitative estimate of drug-likeness (QED) is 0.632. The molecule has 1 aliphatic rings. The first-order chi connectivity index (χ1) is 14.1. The molecule has 0 spiro atoms. The van der Waals surface area contributed by atoms with E-state index in [2.05, 4.69) is 0 Å². The maximum Gasteiger partial charge on any atom is 0.303 e. The van der Waals surface area contributed by atoms with Crippen molar-refractivity contribution in [1.82, 2.24) is 0 Å². The number of esters is 1. The van der Waals surface area contributed by atoms with Crippen LogP contribution in [0.4, 0.5) is 0 Å². The Bertz CT molecular complexity index is 750. The molecule has 2 aromatic carbocycles. The molecule has 156 valence electrons. The lowest BCUT2D eigenvalue weighted by Crippen LogP contribution is -2.60. The van der Waals surface area contributed by atoms with E-state index in [4.69, 9.17) is 23.7 Å². The summed E-state index contributed by atoms with van der Waals surface area (Å²) in [7, 11) is 1.52. The van der Waals surface area contributed by atoms with Gasteiger partial charge in [0.1, 0.15) is 12.2 Å². The summed E-state index contributed by atoms with van der Waals surface area (Å²) in [6.07, 6.45) is -2.76. The van der Waals surface area contributed by atoms with Gasteiger partial charge in [0.25, 0.3) is 0 Å². The van der Waals surface area contributed by atoms with Gasteiger partial charge in [-0.05, 0) is 18.1 Å². The van der Waals surface area contributed by atoms with Crippen molar-refractivity contribution in [1.29, 1.82) is 0 Å². The smallest absolute Gasteiger partial charge is 0.303 e. The maximum atomic E-state index is 11.7. The van der Waals surface area contributed by atoms with E-state index in [-0.39, 0.29) is 6.10 Å². The van der Waals surface area contributed by atoms with E-state index in [1.54, 1.807) is 0 Å². The Labute approximate surface area is 171 Å². The van der Waals surface area contributed by atoms with Gasteiger partial charge in [0.15, 0.2) is 12.4 Å². The van der Waals surface area contributed by atoms with Crippen LogP contribution in [-0.4, -0.2) is 43.8 Å². The first-order valence-corrected chi connectivity index (χ1v) is 9.75. The van der Waals surface area contributed by atoms with Gasteiger partial charge in [-0.1, -0.05) is 60.7 Å². The maximum absolute atomic E-state index is 11.7. The second kappa shape index (κ2) is 10.5. The van der Waals surface area contributed by atoms with E-state index in [9.17, 15) is 4.79 Å². The SMILES string of the molecule is CO[C@H]1O[C@@H](C)[C@H](OCc2ccccc2)[C@@H](OCc2ccccc2)[C@H]1OC(C)=O. The zero-order chi connectivity index (χ0) is 20.6. The lowest BCUT2D eigenvalue weighted by Gasteiger charge is -2.44. The highest BCUT2D eigenvalue weighted by Crippen LogP contribution is 2.30. The molecule has 3 rings (SSSR count). The molecule has 6 nitrogen and oxygen atoms in total. The molecule has 0 bridgehead atoms. The molecule has 0 N–H and O–H groups in total. The molecule has 0 aromatic heterocycles. The third kappa shape index (κ3) is 5.87. The fraction of sp³-hybridized carbons (Fsp3) is 0.435. The number of hydrogen-bond donors (Lipinski definition) is 0. The topological polar surface area (TPSA) is 63.2 Å². The summed E-state index contributed by atoms with van der Waals surface area (Å²) in [5.74, 6) is -0.426. The van der Waals surface area contributed by atoms with Gasteiger partial charge in [-0.15, -0.1) is 0 Å². The van der Waals surface area contributed by atoms with Crippen molar-refractivity contribution in [3.8, 4) is 0 Å². The second-order valence-corrected chi connectivity index (χ2v) is 7.04. The summed E-state index contributed by atoms with van der Waals surface area (Å²) in [5.41, 5.74) is 2.06. The summed E-state index contributed by atoms with van der Waals surface area (Å²) in [6.45, 7) is 4.02. The molecule has 1 heterocycles. The zero-order valence-corrected chi connectivity index (χ0v) is 17.0. The lowest BCUT2D eigenvalue weighted by atomic mass is 9.98. The zero-order valence-electron chi connectivity index (χ0n) is 17.0. The number of rotatable bonds is 8. The monoisotopic (exact) mass is 400 g/mol. The predicted molar refractivity (Wildman–Crippen MR) is 107 cm³/mol. The van der Waals surface area contributed by atoms with Gasteiger partial charge in [-0.2, -0.15) is 0 Å². The third-order valence-corrected chi connectivity index (χ3v) is 4.83. The van der Waals surface area contributed by atoms with Crippen LogP contribution in [0.5, 0.6) is 0 Å². The first-order valence-electron chi connectivity index (χ1n) is 9.75. The van der Waals surface area contributed by atoms with Crippen LogP contribution in [0.25, 0.3) is 0 Å². The van der Waals surface area contributed by atoms with E-state index in [1.807, 2.05) is 67.6 Å². The van der Waals surface area contributed by atoms with Gasteiger partial charge >= 0.3 is 5.97 Å². The second-order valence-electron chi connectivity index (χ2n) is 7.04. The van der Waals surface area contributed by atoms with Crippen molar-refractivity contribution < 1.29 is 28.5 Å². The predicted octanol–water partition coefficient (Wildman–Crippen LogP) is 3.48. The average molecular weight is 400 g/mol. The van der Waals surface area contributed by atoms with Crippen molar-refractivity contribution in [2.75, 3.05) is 7.11 Å². The van der Waals surface area contributed by atoms with E-state index >= 15 is 0 Å². The van der Waals surface area contributed by atoms with Gasteiger partial charge in [-0.3, -0.25) is 4.79 Å². The molecule has 1 aliphatic heterocycles. The highest BCUT2D eigenvalue weighted by molar-refractivity contribution is 5.66. The molecule has 5 atom stereocenters. The molecule has 6 heteroatoms. The Hall–Kier alpha value is -2.25. The van der Waals surface area contributed by atoms with Crippen LogP contribution in [0.3, 0.4) is 0 Å². The minimum Gasteiger partial charge on any atom is -0.454 e. The third-order valence-electron chi connectivity index (χ3n) is 4.83. The molecule has 1 saturated heterocycles. The number of hydrogen-bond acceptors (Lipinski definition) is 6.